The molecule has 0 N–H and O–H groups in total. The van der Waals surface area contributed by atoms with Crippen LogP contribution in [0.15, 0.2) is 34.1 Å². The number of hydrogen-bond acceptors (Lipinski definition) is 1. The molecule has 0 saturated carbocycles. The Balaban J connectivity index is 2.14. The van der Waals surface area contributed by atoms with Gasteiger partial charge in [-0.05, 0) is 46.1 Å². The predicted molar refractivity (Wildman–Crippen MR) is 80.8 cm³/mol. The highest BCUT2D eigenvalue weighted by Crippen LogP contribution is 2.38. The lowest BCUT2D eigenvalue weighted by molar-refractivity contribution is 0.940. The van der Waals surface area contributed by atoms with E-state index in [1.165, 1.54) is 0 Å². The van der Waals surface area contributed by atoms with Crippen molar-refractivity contribution in [2.24, 2.45) is 0 Å². The molecule has 0 amide bonds. The molecule has 0 spiro atoms. The number of rotatable bonds is 3. The van der Waals surface area contributed by atoms with Crippen molar-refractivity contribution in [3.63, 3.8) is 0 Å². The zero-order valence-electron chi connectivity index (χ0n) is 8.59. The fraction of sp³-hybridized carbons (Fsp3) is 0.167. The number of hydrogen-bond donors (Lipinski definition) is 0. The molecule has 17 heavy (non-hydrogen) atoms. The van der Waals surface area contributed by atoms with Crippen LogP contribution >= 0.6 is 62.1 Å². The first-order valence-electron chi connectivity index (χ1n) is 4.89. The topological polar surface area (TPSA) is 0 Å². The van der Waals surface area contributed by atoms with Gasteiger partial charge in [-0.2, -0.15) is 0 Å². The fourth-order valence-electron chi connectivity index (χ4n) is 1.49. The number of alkyl halides is 1. The predicted octanol–water partition coefficient (Wildman–Crippen LogP) is 6.34. The molecule has 2 aromatic rings. The van der Waals surface area contributed by atoms with Crippen LogP contribution in [0.1, 0.15) is 15.8 Å². The van der Waals surface area contributed by atoms with E-state index in [0.29, 0.717) is 5.02 Å². The second-order valence-electron chi connectivity index (χ2n) is 3.57. The zero-order valence-corrected chi connectivity index (χ0v) is 13.3. The molecule has 0 aliphatic carbocycles. The lowest BCUT2D eigenvalue weighted by Gasteiger charge is -2.07. The van der Waals surface area contributed by atoms with Crippen LogP contribution in [-0.2, 0) is 6.42 Å². The third-order valence-corrected chi connectivity index (χ3v) is 5.62. The average Bonchev–Trinajstić information content (AvgIpc) is 2.59. The maximum Gasteiger partial charge on any atom is 0.0887 e. The van der Waals surface area contributed by atoms with Crippen molar-refractivity contribution >= 4 is 62.1 Å². The SMILES string of the molecule is Clc1cccc(CC(Cl)c2cc(Cl)c(Br)s2)c1. The molecule has 0 nitrogen and oxygen atoms in total. The summed E-state index contributed by atoms with van der Waals surface area (Å²) in [6.45, 7) is 0. The van der Waals surface area contributed by atoms with E-state index in [1.54, 1.807) is 11.3 Å². The molecule has 1 aromatic carbocycles. The van der Waals surface area contributed by atoms with Gasteiger partial charge in [0.1, 0.15) is 0 Å². The Morgan fingerprint density at radius 3 is 2.59 bits per heavy atom. The third-order valence-electron chi connectivity index (χ3n) is 2.28. The minimum Gasteiger partial charge on any atom is -0.130 e. The highest BCUT2D eigenvalue weighted by atomic mass is 79.9. The number of halogens is 4. The normalized spacial score (nSPS) is 12.7. The fourth-order valence-corrected chi connectivity index (χ4v) is 3.80. The van der Waals surface area contributed by atoms with E-state index < -0.39 is 0 Å². The number of thiophene rings is 1. The Kier molecular flexibility index (Phi) is 4.79. The Morgan fingerprint density at radius 2 is 2.00 bits per heavy atom. The summed E-state index contributed by atoms with van der Waals surface area (Å²) in [7, 11) is 0. The molecule has 5 heteroatoms. The van der Waals surface area contributed by atoms with Crippen molar-refractivity contribution in [3.8, 4) is 0 Å². The summed E-state index contributed by atoms with van der Waals surface area (Å²) in [6.07, 6.45) is 0.741. The first-order chi connectivity index (χ1) is 8.06. The van der Waals surface area contributed by atoms with Crippen LogP contribution in [0.25, 0.3) is 0 Å². The summed E-state index contributed by atoms with van der Waals surface area (Å²) >= 11 is 23.2. The third kappa shape index (κ3) is 3.62. The van der Waals surface area contributed by atoms with Gasteiger partial charge in [0.15, 0.2) is 0 Å². The molecule has 0 saturated heterocycles. The van der Waals surface area contributed by atoms with Gasteiger partial charge in [0.2, 0.25) is 0 Å². The summed E-state index contributed by atoms with van der Waals surface area (Å²) < 4.78 is 0.922. The van der Waals surface area contributed by atoms with E-state index in [2.05, 4.69) is 15.9 Å². The summed E-state index contributed by atoms with van der Waals surface area (Å²) in [5.74, 6) is 0. The van der Waals surface area contributed by atoms with Crippen LogP contribution in [0, 0.1) is 0 Å². The van der Waals surface area contributed by atoms with Gasteiger partial charge in [0, 0.05) is 9.90 Å². The molecule has 1 aromatic heterocycles. The molecule has 90 valence electrons. The van der Waals surface area contributed by atoms with Crippen LogP contribution in [0.5, 0.6) is 0 Å². The van der Waals surface area contributed by atoms with Gasteiger partial charge in [-0.3, -0.25) is 0 Å². The molecule has 1 heterocycles. The molecular weight excluding hydrogens is 362 g/mol. The Labute approximate surface area is 128 Å². The standard InChI is InChI=1S/C12H8BrCl3S/c13-12-10(16)6-11(17-12)9(15)5-7-2-1-3-8(14)4-7/h1-4,6,9H,5H2. The largest absolute Gasteiger partial charge is 0.130 e. The van der Waals surface area contributed by atoms with E-state index >= 15 is 0 Å². The molecule has 0 fully saturated rings. The summed E-state index contributed by atoms with van der Waals surface area (Å²) in [5, 5.41) is 1.36. The smallest absolute Gasteiger partial charge is 0.0887 e. The van der Waals surface area contributed by atoms with Crippen LogP contribution in [-0.4, -0.2) is 0 Å². The average molecular weight is 371 g/mol. The van der Waals surface area contributed by atoms with Crippen molar-refractivity contribution in [2.45, 2.75) is 11.8 Å². The van der Waals surface area contributed by atoms with Crippen LogP contribution in [0.2, 0.25) is 10.0 Å². The second-order valence-corrected chi connectivity index (χ2v) is 7.34. The van der Waals surface area contributed by atoms with Crippen molar-refractivity contribution < 1.29 is 0 Å². The molecule has 2 rings (SSSR count). The van der Waals surface area contributed by atoms with Gasteiger partial charge in [-0.25, -0.2) is 0 Å². The molecule has 0 radical (unpaired) electrons. The first kappa shape index (κ1) is 13.7. The maximum atomic E-state index is 6.37. The van der Waals surface area contributed by atoms with E-state index in [4.69, 9.17) is 34.8 Å². The maximum absolute atomic E-state index is 6.37. The summed E-state index contributed by atoms with van der Waals surface area (Å²) in [6, 6.07) is 9.64. The minimum atomic E-state index is -0.0812. The van der Waals surface area contributed by atoms with E-state index in [-0.39, 0.29) is 5.38 Å². The van der Waals surface area contributed by atoms with Gasteiger partial charge < -0.3 is 0 Å². The lowest BCUT2D eigenvalue weighted by Crippen LogP contribution is -1.93. The highest BCUT2D eigenvalue weighted by molar-refractivity contribution is 9.11. The Bertz CT molecular complexity index is 505. The number of benzene rings is 1. The summed E-state index contributed by atoms with van der Waals surface area (Å²) in [4.78, 5) is 1.06. The Hall–Kier alpha value is 0.270. The van der Waals surface area contributed by atoms with Gasteiger partial charge in [-0.15, -0.1) is 22.9 Å². The Morgan fingerprint density at radius 1 is 1.24 bits per heavy atom. The lowest BCUT2D eigenvalue weighted by atomic mass is 10.1. The van der Waals surface area contributed by atoms with Crippen molar-refractivity contribution in [2.75, 3.05) is 0 Å². The van der Waals surface area contributed by atoms with Gasteiger partial charge in [-0.1, -0.05) is 35.3 Å². The van der Waals surface area contributed by atoms with Crippen LogP contribution < -0.4 is 0 Å². The van der Waals surface area contributed by atoms with E-state index in [1.807, 2.05) is 30.3 Å². The molecule has 1 atom stereocenters. The molecule has 0 aliphatic heterocycles. The quantitative estimate of drug-likeness (QED) is 0.553. The zero-order chi connectivity index (χ0) is 12.4. The first-order valence-corrected chi connectivity index (χ1v) is 7.69. The minimum absolute atomic E-state index is 0.0812. The second kappa shape index (κ2) is 5.94. The van der Waals surface area contributed by atoms with Gasteiger partial charge in [0.05, 0.1) is 14.2 Å². The monoisotopic (exact) mass is 368 g/mol. The summed E-state index contributed by atoms with van der Waals surface area (Å²) in [5.41, 5.74) is 1.12. The molecule has 1 unspecified atom stereocenters. The van der Waals surface area contributed by atoms with Crippen molar-refractivity contribution in [1.82, 2.24) is 0 Å². The van der Waals surface area contributed by atoms with E-state index in [0.717, 1.165) is 25.7 Å². The molecular formula is C12H8BrCl3S. The highest BCUT2D eigenvalue weighted by Gasteiger charge is 2.14. The van der Waals surface area contributed by atoms with Crippen molar-refractivity contribution in [1.29, 1.82) is 0 Å². The van der Waals surface area contributed by atoms with Gasteiger partial charge in [0.25, 0.3) is 0 Å². The van der Waals surface area contributed by atoms with E-state index in [9.17, 15) is 0 Å². The molecule has 0 aliphatic rings. The van der Waals surface area contributed by atoms with Crippen molar-refractivity contribution in [3.05, 3.63) is 54.6 Å². The molecule has 0 bridgehead atoms. The van der Waals surface area contributed by atoms with Crippen LogP contribution in [0.4, 0.5) is 0 Å². The van der Waals surface area contributed by atoms with Gasteiger partial charge >= 0.3 is 0 Å². The van der Waals surface area contributed by atoms with Crippen LogP contribution in [0.3, 0.4) is 0 Å².